The third-order valence-electron chi connectivity index (χ3n) is 4.17. The Kier molecular flexibility index (Phi) is 6.44. The van der Waals surface area contributed by atoms with Crippen molar-refractivity contribution in [2.75, 3.05) is 0 Å². The van der Waals surface area contributed by atoms with E-state index in [1.807, 2.05) is 6.92 Å². The van der Waals surface area contributed by atoms with E-state index in [0.717, 1.165) is 12.8 Å². The number of unbranched alkanes of at least 4 members (excludes halogenated alkanes) is 1. The van der Waals surface area contributed by atoms with Gasteiger partial charge in [0, 0.05) is 17.5 Å². The van der Waals surface area contributed by atoms with Gasteiger partial charge >= 0.3 is 0 Å². The average Bonchev–Trinajstić information content (AvgIpc) is 2.69. The molecule has 0 spiro atoms. The molecule has 0 radical (unpaired) electrons. The number of nitrogens with zero attached hydrogens (tertiary/aromatic N) is 3. The first kappa shape index (κ1) is 20.0. The molecule has 28 heavy (non-hydrogen) atoms. The van der Waals surface area contributed by atoms with Gasteiger partial charge in [-0.15, -0.1) is 0 Å². The molecule has 0 saturated heterocycles. The number of benzene rings is 2. The number of carbonyl (C=O) groups excluding carboxylic acids is 1. The highest BCUT2D eigenvalue weighted by atomic mass is 35.5. The van der Waals surface area contributed by atoms with Gasteiger partial charge in [0.2, 0.25) is 0 Å². The lowest BCUT2D eigenvalue weighted by Crippen LogP contribution is -2.29. The first-order chi connectivity index (χ1) is 13.5. The molecule has 3 aromatic rings. The van der Waals surface area contributed by atoms with Crippen molar-refractivity contribution in [3.05, 3.63) is 74.1 Å². The molecule has 1 N–H and O–H groups in total. The van der Waals surface area contributed by atoms with Gasteiger partial charge in [-0.05, 0) is 24.6 Å². The topological polar surface area (TPSA) is 76.3 Å². The number of hydrogen-bond acceptors (Lipinski definition) is 4. The molecule has 6 nitrogen and oxygen atoms in total. The molecule has 1 heterocycles. The SMILES string of the molecule is CCCCn1nc(C(=O)N/N=C/c2c(Cl)cccc2Cl)c2ccccc2c1=O. The van der Waals surface area contributed by atoms with Crippen LogP contribution < -0.4 is 11.0 Å². The Labute approximate surface area is 171 Å². The van der Waals surface area contributed by atoms with Crippen molar-refractivity contribution in [1.29, 1.82) is 0 Å². The van der Waals surface area contributed by atoms with Crippen molar-refractivity contribution in [3.8, 4) is 0 Å². The monoisotopic (exact) mass is 416 g/mol. The predicted octanol–water partition coefficient (Wildman–Crippen LogP) is 4.27. The zero-order valence-electron chi connectivity index (χ0n) is 15.2. The van der Waals surface area contributed by atoms with Crippen LogP contribution in [0.5, 0.6) is 0 Å². The molecule has 3 rings (SSSR count). The van der Waals surface area contributed by atoms with Crippen LogP contribution in [-0.4, -0.2) is 21.9 Å². The van der Waals surface area contributed by atoms with Crippen LogP contribution in [0.1, 0.15) is 35.8 Å². The minimum Gasteiger partial charge on any atom is -0.267 e. The zero-order valence-corrected chi connectivity index (χ0v) is 16.7. The number of hydrogen-bond donors (Lipinski definition) is 1. The highest BCUT2D eigenvalue weighted by Gasteiger charge is 2.16. The molecule has 1 amide bonds. The molecule has 0 aliphatic heterocycles. The zero-order chi connectivity index (χ0) is 20.1. The van der Waals surface area contributed by atoms with Gasteiger partial charge in [0.25, 0.3) is 11.5 Å². The highest BCUT2D eigenvalue weighted by molar-refractivity contribution is 6.38. The van der Waals surface area contributed by atoms with Crippen LogP contribution in [-0.2, 0) is 6.54 Å². The van der Waals surface area contributed by atoms with E-state index in [9.17, 15) is 9.59 Å². The highest BCUT2D eigenvalue weighted by Crippen LogP contribution is 2.22. The summed E-state index contributed by atoms with van der Waals surface area (Å²) < 4.78 is 1.33. The Morgan fingerprint density at radius 2 is 1.82 bits per heavy atom. The number of fused-ring (bicyclic) bond motifs is 1. The molecule has 0 bridgehead atoms. The van der Waals surface area contributed by atoms with Crippen LogP contribution >= 0.6 is 23.2 Å². The van der Waals surface area contributed by atoms with Crippen LogP contribution in [0.4, 0.5) is 0 Å². The van der Waals surface area contributed by atoms with Gasteiger partial charge in [-0.2, -0.15) is 10.2 Å². The minimum atomic E-state index is -0.527. The Morgan fingerprint density at radius 1 is 1.14 bits per heavy atom. The lowest BCUT2D eigenvalue weighted by Gasteiger charge is -2.09. The lowest BCUT2D eigenvalue weighted by atomic mass is 10.1. The number of amides is 1. The number of aryl methyl sites for hydroxylation is 1. The van der Waals surface area contributed by atoms with Crippen LogP contribution in [0.15, 0.2) is 52.4 Å². The molecule has 2 aromatic carbocycles. The number of carbonyl (C=O) groups is 1. The Balaban J connectivity index is 1.94. The van der Waals surface area contributed by atoms with Crippen LogP contribution in [0, 0.1) is 0 Å². The fraction of sp³-hybridized carbons (Fsp3) is 0.200. The summed E-state index contributed by atoms with van der Waals surface area (Å²) in [6.45, 7) is 2.47. The second-order valence-electron chi connectivity index (χ2n) is 6.11. The largest absolute Gasteiger partial charge is 0.292 e. The summed E-state index contributed by atoms with van der Waals surface area (Å²) >= 11 is 12.2. The maximum atomic E-state index is 12.7. The Bertz CT molecular complexity index is 1090. The van der Waals surface area contributed by atoms with Gasteiger partial charge in [-0.3, -0.25) is 9.59 Å². The van der Waals surface area contributed by atoms with Crippen molar-refractivity contribution in [2.45, 2.75) is 26.3 Å². The minimum absolute atomic E-state index is 0.133. The maximum Gasteiger partial charge on any atom is 0.292 e. The first-order valence-corrected chi connectivity index (χ1v) is 9.55. The van der Waals surface area contributed by atoms with E-state index in [0.29, 0.717) is 32.9 Å². The van der Waals surface area contributed by atoms with E-state index >= 15 is 0 Å². The summed E-state index contributed by atoms with van der Waals surface area (Å²) in [5, 5.41) is 9.96. The van der Waals surface area contributed by atoms with E-state index in [1.54, 1.807) is 42.5 Å². The van der Waals surface area contributed by atoms with Crippen LogP contribution in [0.25, 0.3) is 10.8 Å². The number of aromatic nitrogens is 2. The average molecular weight is 417 g/mol. The number of rotatable bonds is 6. The van der Waals surface area contributed by atoms with E-state index in [1.165, 1.54) is 10.9 Å². The molecule has 144 valence electrons. The van der Waals surface area contributed by atoms with Crippen molar-refractivity contribution >= 4 is 46.1 Å². The summed E-state index contributed by atoms with van der Waals surface area (Å²) in [4.78, 5) is 25.3. The van der Waals surface area contributed by atoms with Gasteiger partial charge in [0.1, 0.15) is 0 Å². The van der Waals surface area contributed by atoms with E-state index in [4.69, 9.17) is 23.2 Å². The molecule has 0 unspecified atom stereocenters. The van der Waals surface area contributed by atoms with Gasteiger partial charge < -0.3 is 0 Å². The quantitative estimate of drug-likeness (QED) is 0.481. The van der Waals surface area contributed by atoms with E-state index in [-0.39, 0.29) is 11.3 Å². The summed E-state index contributed by atoms with van der Waals surface area (Å²) in [5.41, 5.74) is 2.85. The third-order valence-corrected chi connectivity index (χ3v) is 4.82. The molecule has 8 heteroatoms. The number of hydrazone groups is 1. The number of halogens is 2. The van der Waals surface area contributed by atoms with Crippen LogP contribution in [0.3, 0.4) is 0 Å². The van der Waals surface area contributed by atoms with Crippen molar-refractivity contribution in [1.82, 2.24) is 15.2 Å². The fourth-order valence-corrected chi connectivity index (χ4v) is 3.20. The molecular formula is C20H18Cl2N4O2. The lowest BCUT2D eigenvalue weighted by molar-refractivity contribution is 0.0949. The summed E-state index contributed by atoms with van der Waals surface area (Å²) in [6.07, 6.45) is 3.07. The Hall–Kier alpha value is -2.70. The Morgan fingerprint density at radius 3 is 2.50 bits per heavy atom. The molecule has 0 saturated carbocycles. The fourth-order valence-electron chi connectivity index (χ4n) is 2.70. The molecule has 1 aromatic heterocycles. The van der Waals surface area contributed by atoms with Crippen molar-refractivity contribution in [3.63, 3.8) is 0 Å². The van der Waals surface area contributed by atoms with Gasteiger partial charge in [0.05, 0.1) is 21.6 Å². The summed E-state index contributed by atoms with van der Waals surface area (Å²) in [6, 6.07) is 12.0. The van der Waals surface area contributed by atoms with E-state index < -0.39 is 5.91 Å². The maximum absolute atomic E-state index is 12.7. The standard InChI is InChI=1S/C20H18Cl2N4O2/c1-2-3-11-26-20(28)14-8-5-4-7-13(14)18(25-26)19(27)24-23-12-15-16(21)9-6-10-17(15)22/h4-10,12H,2-3,11H2,1H3,(H,24,27)/b23-12+. The van der Waals surface area contributed by atoms with Gasteiger partial charge in [0.15, 0.2) is 5.69 Å². The van der Waals surface area contributed by atoms with Crippen LogP contribution in [0.2, 0.25) is 10.0 Å². The normalized spacial score (nSPS) is 11.2. The van der Waals surface area contributed by atoms with Crippen molar-refractivity contribution < 1.29 is 4.79 Å². The number of nitrogens with one attached hydrogen (secondary N) is 1. The second-order valence-corrected chi connectivity index (χ2v) is 6.92. The summed E-state index contributed by atoms with van der Waals surface area (Å²) in [5.74, 6) is -0.527. The van der Waals surface area contributed by atoms with Gasteiger partial charge in [-0.25, -0.2) is 10.1 Å². The summed E-state index contributed by atoms with van der Waals surface area (Å²) in [7, 11) is 0. The third kappa shape index (κ3) is 4.24. The first-order valence-electron chi connectivity index (χ1n) is 8.80. The molecule has 0 atom stereocenters. The van der Waals surface area contributed by atoms with Crippen molar-refractivity contribution in [2.24, 2.45) is 5.10 Å². The van der Waals surface area contributed by atoms with Gasteiger partial charge in [-0.1, -0.05) is 60.8 Å². The molecule has 0 fully saturated rings. The predicted molar refractivity (Wildman–Crippen MR) is 112 cm³/mol. The van der Waals surface area contributed by atoms with E-state index in [2.05, 4.69) is 15.6 Å². The smallest absolute Gasteiger partial charge is 0.267 e. The molecular weight excluding hydrogens is 399 g/mol. The second kappa shape index (κ2) is 8.99. The molecule has 0 aliphatic carbocycles. The molecule has 0 aliphatic rings.